The molecule has 1 aromatic heterocycles. The average Bonchev–Trinajstić information content (AvgIpc) is 2.97. The Morgan fingerprint density at radius 3 is 2.62 bits per heavy atom. The Kier molecular flexibility index (Phi) is 4.26. The second-order valence-corrected chi connectivity index (χ2v) is 6.47. The number of anilines is 1. The van der Waals surface area contributed by atoms with Gasteiger partial charge in [-0.25, -0.2) is 0 Å². The molecule has 1 N–H and O–H groups in total. The number of amides is 1. The summed E-state index contributed by atoms with van der Waals surface area (Å²) in [5, 5.41) is 12.2. The number of hydrogen-bond acceptors (Lipinski definition) is 4. The molecule has 2 aromatic carbocycles. The summed E-state index contributed by atoms with van der Waals surface area (Å²) in [5.41, 5.74) is 1.60. The van der Waals surface area contributed by atoms with Crippen molar-refractivity contribution in [3.63, 3.8) is 0 Å². The van der Waals surface area contributed by atoms with Crippen molar-refractivity contribution in [2.75, 3.05) is 5.32 Å². The van der Waals surface area contributed by atoms with Gasteiger partial charge in [-0.3, -0.25) is 10.1 Å². The van der Waals surface area contributed by atoms with Crippen molar-refractivity contribution in [1.82, 2.24) is 10.2 Å². The van der Waals surface area contributed by atoms with E-state index in [-0.39, 0.29) is 5.91 Å². The topological polar surface area (TPSA) is 54.9 Å². The lowest BCUT2D eigenvalue weighted by atomic mass is 10.2. The Hall–Kier alpha value is -1.80. The summed E-state index contributed by atoms with van der Waals surface area (Å²) in [6.07, 6.45) is 0. The molecule has 0 aliphatic heterocycles. The zero-order chi connectivity index (χ0) is 14.7. The summed E-state index contributed by atoms with van der Waals surface area (Å²) in [4.78, 5) is 12.1. The molecule has 0 aliphatic carbocycles. The van der Waals surface area contributed by atoms with Crippen LogP contribution in [0.5, 0.6) is 0 Å². The fourth-order valence-electron chi connectivity index (χ4n) is 1.77. The van der Waals surface area contributed by atoms with Crippen LogP contribution < -0.4 is 5.32 Å². The maximum absolute atomic E-state index is 12.1. The van der Waals surface area contributed by atoms with E-state index in [1.165, 1.54) is 11.3 Å². The van der Waals surface area contributed by atoms with Crippen LogP contribution in [0, 0.1) is 3.57 Å². The van der Waals surface area contributed by atoms with Crippen molar-refractivity contribution in [1.29, 1.82) is 0 Å². The van der Waals surface area contributed by atoms with Crippen molar-refractivity contribution in [2.45, 2.75) is 0 Å². The third kappa shape index (κ3) is 3.45. The van der Waals surface area contributed by atoms with Crippen molar-refractivity contribution in [3.05, 3.63) is 63.7 Å². The molecule has 21 heavy (non-hydrogen) atoms. The van der Waals surface area contributed by atoms with Crippen LogP contribution in [0.4, 0.5) is 5.13 Å². The van der Waals surface area contributed by atoms with E-state index in [0.717, 1.165) is 14.1 Å². The lowest BCUT2D eigenvalue weighted by Crippen LogP contribution is -2.11. The van der Waals surface area contributed by atoms with E-state index in [2.05, 4.69) is 38.1 Å². The molecular formula is C15H10IN3OS. The molecule has 0 atom stereocenters. The maximum Gasteiger partial charge on any atom is 0.257 e. The number of benzene rings is 2. The van der Waals surface area contributed by atoms with E-state index in [1.807, 2.05) is 48.5 Å². The minimum atomic E-state index is -0.177. The van der Waals surface area contributed by atoms with Crippen LogP contribution in [0.1, 0.15) is 10.4 Å². The van der Waals surface area contributed by atoms with Gasteiger partial charge in [0, 0.05) is 14.7 Å². The van der Waals surface area contributed by atoms with Gasteiger partial charge in [-0.05, 0) is 40.8 Å². The van der Waals surface area contributed by atoms with Gasteiger partial charge in [0.2, 0.25) is 5.13 Å². The predicted molar refractivity (Wildman–Crippen MR) is 92.5 cm³/mol. The molecule has 0 saturated heterocycles. The smallest absolute Gasteiger partial charge is 0.257 e. The summed E-state index contributed by atoms with van der Waals surface area (Å²) in [5.74, 6) is -0.177. The third-order valence-electron chi connectivity index (χ3n) is 2.75. The van der Waals surface area contributed by atoms with E-state index in [9.17, 15) is 4.79 Å². The minimum Gasteiger partial charge on any atom is -0.296 e. The van der Waals surface area contributed by atoms with Crippen molar-refractivity contribution >= 4 is 45.0 Å². The molecule has 0 radical (unpaired) electrons. The Morgan fingerprint density at radius 1 is 1.05 bits per heavy atom. The molecule has 0 saturated carbocycles. The molecule has 104 valence electrons. The zero-order valence-electron chi connectivity index (χ0n) is 10.8. The van der Waals surface area contributed by atoms with Crippen LogP contribution in [-0.4, -0.2) is 16.1 Å². The Labute approximate surface area is 139 Å². The van der Waals surface area contributed by atoms with Crippen LogP contribution >= 0.6 is 33.9 Å². The van der Waals surface area contributed by atoms with E-state index in [1.54, 1.807) is 6.07 Å². The number of hydrogen-bond donors (Lipinski definition) is 1. The first-order valence-electron chi connectivity index (χ1n) is 6.18. The summed E-state index contributed by atoms with van der Waals surface area (Å²) in [6, 6.07) is 17.2. The van der Waals surface area contributed by atoms with Gasteiger partial charge < -0.3 is 0 Å². The lowest BCUT2D eigenvalue weighted by Gasteiger charge is -2.01. The molecule has 1 amide bonds. The number of nitrogens with zero attached hydrogens (tertiary/aromatic N) is 2. The zero-order valence-corrected chi connectivity index (χ0v) is 13.8. The molecule has 6 heteroatoms. The second kappa shape index (κ2) is 6.31. The van der Waals surface area contributed by atoms with Crippen LogP contribution in [-0.2, 0) is 0 Å². The molecule has 3 rings (SSSR count). The molecule has 3 aromatic rings. The van der Waals surface area contributed by atoms with Crippen LogP contribution in [0.3, 0.4) is 0 Å². The van der Waals surface area contributed by atoms with E-state index < -0.39 is 0 Å². The minimum absolute atomic E-state index is 0.177. The quantitative estimate of drug-likeness (QED) is 0.667. The standard InChI is InChI=1S/C15H10IN3OS/c16-12-8-4-7-11(9-12)13(20)17-15-19-18-14(21-15)10-5-2-1-3-6-10/h1-9H,(H,17,19,20). The van der Waals surface area contributed by atoms with Gasteiger partial charge in [-0.15, -0.1) is 10.2 Å². The van der Waals surface area contributed by atoms with Gasteiger partial charge in [-0.2, -0.15) is 0 Å². The Balaban J connectivity index is 1.77. The maximum atomic E-state index is 12.1. The van der Waals surface area contributed by atoms with E-state index in [4.69, 9.17) is 0 Å². The van der Waals surface area contributed by atoms with Crippen LogP contribution in [0.25, 0.3) is 10.6 Å². The fraction of sp³-hybridized carbons (Fsp3) is 0. The SMILES string of the molecule is O=C(Nc1nnc(-c2ccccc2)s1)c1cccc(I)c1. The lowest BCUT2D eigenvalue weighted by molar-refractivity contribution is 0.102. The van der Waals surface area contributed by atoms with Crippen molar-refractivity contribution < 1.29 is 4.79 Å². The van der Waals surface area contributed by atoms with E-state index >= 15 is 0 Å². The summed E-state index contributed by atoms with van der Waals surface area (Å²) in [7, 11) is 0. The van der Waals surface area contributed by atoms with Gasteiger partial charge in [0.25, 0.3) is 5.91 Å². The highest BCUT2D eigenvalue weighted by molar-refractivity contribution is 14.1. The van der Waals surface area contributed by atoms with Gasteiger partial charge in [-0.1, -0.05) is 47.7 Å². The van der Waals surface area contributed by atoms with Gasteiger partial charge >= 0.3 is 0 Å². The number of carbonyl (C=O) groups excluding carboxylic acids is 1. The molecule has 0 spiro atoms. The largest absolute Gasteiger partial charge is 0.296 e. The van der Waals surface area contributed by atoms with Crippen molar-refractivity contribution in [3.8, 4) is 10.6 Å². The number of halogens is 1. The monoisotopic (exact) mass is 407 g/mol. The molecule has 0 unspecified atom stereocenters. The number of nitrogens with one attached hydrogen (secondary N) is 1. The molecule has 1 heterocycles. The first kappa shape index (κ1) is 14.2. The first-order chi connectivity index (χ1) is 10.2. The van der Waals surface area contributed by atoms with Crippen LogP contribution in [0.15, 0.2) is 54.6 Å². The van der Waals surface area contributed by atoms with Crippen molar-refractivity contribution in [2.24, 2.45) is 0 Å². The third-order valence-corrected chi connectivity index (χ3v) is 4.31. The normalized spacial score (nSPS) is 10.3. The average molecular weight is 407 g/mol. The summed E-state index contributed by atoms with van der Waals surface area (Å²) < 4.78 is 1.02. The van der Waals surface area contributed by atoms with Gasteiger partial charge in [0.15, 0.2) is 0 Å². The Bertz CT molecular complexity index is 773. The predicted octanol–water partition coefficient (Wildman–Crippen LogP) is 4.06. The number of carbonyl (C=O) groups is 1. The second-order valence-electron chi connectivity index (χ2n) is 4.24. The van der Waals surface area contributed by atoms with Gasteiger partial charge in [0.05, 0.1) is 0 Å². The first-order valence-corrected chi connectivity index (χ1v) is 8.08. The van der Waals surface area contributed by atoms with Crippen LogP contribution in [0.2, 0.25) is 0 Å². The van der Waals surface area contributed by atoms with Gasteiger partial charge in [0.1, 0.15) is 5.01 Å². The molecule has 0 bridgehead atoms. The molecule has 0 aliphatic rings. The van der Waals surface area contributed by atoms with E-state index in [0.29, 0.717) is 10.7 Å². The highest BCUT2D eigenvalue weighted by Gasteiger charge is 2.11. The molecular weight excluding hydrogens is 397 g/mol. The Morgan fingerprint density at radius 2 is 1.86 bits per heavy atom. The number of aromatic nitrogens is 2. The number of rotatable bonds is 3. The highest BCUT2D eigenvalue weighted by atomic mass is 127. The summed E-state index contributed by atoms with van der Waals surface area (Å²) in [6.45, 7) is 0. The fourth-order valence-corrected chi connectivity index (χ4v) is 3.06. The highest BCUT2D eigenvalue weighted by Crippen LogP contribution is 2.26. The molecule has 4 nitrogen and oxygen atoms in total. The molecule has 0 fully saturated rings. The summed E-state index contributed by atoms with van der Waals surface area (Å²) >= 11 is 3.53.